The van der Waals surface area contributed by atoms with E-state index in [1.807, 2.05) is 0 Å². The minimum atomic E-state index is -1.24. The number of benzene rings is 1. The number of nitrogens with two attached hydrogens (primary N) is 1. The molecule has 7 heteroatoms. The largest absolute Gasteiger partial charge is 0.373 e. The summed E-state index contributed by atoms with van der Waals surface area (Å²) in [6, 6.07) is 1.26. The predicted octanol–water partition coefficient (Wildman–Crippen LogP) is 1.38. The second-order valence-electron chi connectivity index (χ2n) is 3.66. The molecule has 0 aromatic heterocycles. The van der Waals surface area contributed by atoms with Crippen LogP contribution in [0.4, 0.5) is 20.2 Å². The third-order valence-corrected chi connectivity index (χ3v) is 2.44. The molecule has 1 saturated carbocycles. The Kier molecular flexibility index (Phi) is 2.47. The lowest BCUT2D eigenvalue weighted by atomic mass is 10.2. The molecule has 5 nitrogen and oxygen atoms in total. The normalized spacial score (nSPS) is 22.9. The average molecular weight is 229 g/mol. The topological polar surface area (TPSA) is 81.2 Å². The summed E-state index contributed by atoms with van der Waals surface area (Å²) in [7, 11) is 0. The van der Waals surface area contributed by atoms with Crippen LogP contribution in [-0.2, 0) is 0 Å². The summed E-state index contributed by atoms with van der Waals surface area (Å²) in [6.07, 6.45) is 0.590. The lowest BCUT2D eigenvalue weighted by Crippen LogP contribution is -2.15. The van der Waals surface area contributed by atoms with Crippen LogP contribution in [0.15, 0.2) is 12.1 Å². The summed E-state index contributed by atoms with van der Waals surface area (Å²) >= 11 is 0. The maximum absolute atomic E-state index is 13.4. The van der Waals surface area contributed by atoms with Crippen molar-refractivity contribution in [3.63, 3.8) is 0 Å². The Morgan fingerprint density at radius 1 is 1.50 bits per heavy atom. The van der Waals surface area contributed by atoms with E-state index in [0.717, 1.165) is 12.1 Å². The van der Waals surface area contributed by atoms with Gasteiger partial charge < -0.3 is 11.1 Å². The van der Waals surface area contributed by atoms with Crippen molar-refractivity contribution in [3.8, 4) is 0 Å². The first-order valence-corrected chi connectivity index (χ1v) is 4.65. The van der Waals surface area contributed by atoms with E-state index in [1.54, 1.807) is 0 Å². The Morgan fingerprint density at radius 2 is 2.12 bits per heavy atom. The molecule has 1 aliphatic rings. The van der Waals surface area contributed by atoms with Gasteiger partial charge in [-0.2, -0.15) is 0 Å². The number of nitro benzene ring substituents is 1. The number of hydrogen-bond acceptors (Lipinski definition) is 4. The Balaban J connectivity index is 2.38. The van der Waals surface area contributed by atoms with Crippen molar-refractivity contribution in [2.75, 3.05) is 5.32 Å². The number of rotatable bonds is 3. The molecule has 3 N–H and O–H groups in total. The van der Waals surface area contributed by atoms with Crippen molar-refractivity contribution in [1.82, 2.24) is 0 Å². The standard InChI is InChI=1S/C9H9F2N3O2/c10-4-1-2-7(14(15)16)9(8(4)11)13-6-3-5(6)12/h1-2,5-6,13H,3,12H2. The van der Waals surface area contributed by atoms with Gasteiger partial charge >= 0.3 is 0 Å². The van der Waals surface area contributed by atoms with E-state index in [4.69, 9.17) is 5.73 Å². The molecule has 1 aromatic rings. The highest BCUT2D eigenvalue weighted by Gasteiger charge is 2.36. The van der Waals surface area contributed by atoms with Gasteiger partial charge in [-0.25, -0.2) is 8.78 Å². The van der Waals surface area contributed by atoms with Crippen molar-refractivity contribution in [3.05, 3.63) is 33.9 Å². The summed E-state index contributed by atoms with van der Waals surface area (Å²) in [5, 5.41) is 13.2. The molecule has 2 atom stereocenters. The zero-order valence-electron chi connectivity index (χ0n) is 8.11. The van der Waals surface area contributed by atoms with Crippen LogP contribution in [0.1, 0.15) is 6.42 Å². The highest BCUT2D eigenvalue weighted by atomic mass is 19.2. The van der Waals surface area contributed by atoms with Gasteiger partial charge in [-0.15, -0.1) is 0 Å². The molecule has 1 fully saturated rings. The number of halogens is 2. The first-order chi connectivity index (χ1) is 7.50. The Morgan fingerprint density at radius 3 is 2.62 bits per heavy atom. The second-order valence-corrected chi connectivity index (χ2v) is 3.66. The van der Waals surface area contributed by atoms with Crippen molar-refractivity contribution < 1.29 is 13.7 Å². The van der Waals surface area contributed by atoms with Crippen LogP contribution in [-0.4, -0.2) is 17.0 Å². The van der Waals surface area contributed by atoms with Crippen LogP contribution >= 0.6 is 0 Å². The van der Waals surface area contributed by atoms with Gasteiger partial charge in [0.2, 0.25) is 0 Å². The molecule has 0 saturated heterocycles. The highest BCUT2D eigenvalue weighted by Crippen LogP contribution is 2.33. The quantitative estimate of drug-likeness (QED) is 0.606. The lowest BCUT2D eigenvalue weighted by Gasteiger charge is -2.07. The first kappa shape index (κ1) is 10.7. The van der Waals surface area contributed by atoms with E-state index in [0.29, 0.717) is 6.42 Å². The van der Waals surface area contributed by atoms with Gasteiger partial charge in [-0.05, 0) is 12.5 Å². The van der Waals surface area contributed by atoms with Crippen molar-refractivity contribution in [2.24, 2.45) is 5.73 Å². The molecule has 1 aromatic carbocycles. The molecule has 0 aliphatic heterocycles. The number of nitrogens with zero attached hydrogens (tertiary/aromatic N) is 1. The van der Waals surface area contributed by atoms with Crippen LogP contribution in [0, 0.1) is 21.7 Å². The van der Waals surface area contributed by atoms with Crippen molar-refractivity contribution >= 4 is 11.4 Å². The van der Waals surface area contributed by atoms with E-state index < -0.39 is 27.9 Å². The third-order valence-electron chi connectivity index (χ3n) is 2.44. The second kappa shape index (κ2) is 3.67. The van der Waals surface area contributed by atoms with Gasteiger partial charge in [0.1, 0.15) is 0 Å². The minimum Gasteiger partial charge on any atom is -0.373 e. The molecule has 16 heavy (non-hydrogen) atoms. The molecule has 0 radical (unpaired) electrons. The number of nitro groups is 1. The molecule has 2 unspecified atom stereocenters. The molecule has 86 valence electrons. The molecule has 0 amide bonds. The van der Waals surface area contributed by atoms with Crippen LogP contribution in [0.2, 0.25) is 0 Å². The smallest absolute Gasteiger partial charge is 0.295 e. The summed E-state index contributed by atoms with van der Waals surface area (Å²) in [6.45, 7) is 0. The van der Waals surface area contributed by atoms with Crippen LogP contribution < -0.4 is 11.1 Å². The Labute approximate surface area is 89.4 Å². The van der Waals surface area contributed by atoms with E-state index in [1.165, 1.54) is 0 Å². The molecular weight excluding hydrogens is 220 g/mol. The fourth-order valence-electron chi connectivity index (χ4n) is 1.40. The van der Waals surface area contributed by atoms with Crippen LogP contribution in [0.3, 0.4) is 0 Å². The number of nitrogens with one attached hydrogen (secondary N) is 1. The average Bonchev–Trinajstić information content (AvgIpc) is 2.89. The SMILES string of the molecule is NC1CC1Nc1c([N+](=O)[O-])ccc(F)c1F. The van der Waals surface area contributed by atoms with E-state index in [2.05, 4.69) is 5.32 Å². The van der Waals surface area contributed by atoms with Gasteiger partial charge in [0.25, 0.3) is 5.69 Å². The number of anilines is 1. The minimum absolute atomic E-state index is 0.165. The summed E-state index contributed by atoms with van der Waals surface area (Å²) in [5.74, 6) is -2.37. The highest BCUT2D eigenvalue weighted by molar-refractivity contribution is 5.63. The number of hydrogen-bond donors (Lipinski definition) is 2. The summed E-state index contributed by atoms with van der Waals surface area (Å²) in [5.41, 5.74) is 4.56. The molecule has 0 spiro atoms. The van der Waals surface area contributed by atoms with Gasteiger partial charge in [0.05, 0.1) is 4.92 Å². The summed E-state index contributed by atoms with van der Waals surface area (Å²) in [4.78, 5) is 9.85. The fourth-order valence-corrected chi connectivity index (χ4v) is 1.40. The zero-order chi connectivity index (χ0) is 11.9. The third kappa shape index (κ3) is 1.81. The molecule has 2 rings (SSSR count). The van der Waals surface area contributed by atoms with Gasteiger partial charge in [-0.1, -0.05) is 0 Å². The lowest BCUT2D eigenvalue weighted by molar-refractivity contribution is -0.384. The van der Waals surface area contributed by atoms with Crippen LogP contribution in [0.5, 0.6) is 0 Å². The molecule has 0 heterocycles. The van der Waals surface area contributed by atoms with E-state index in [9.17, 15) is 18.9 Å². The van der Waals surface area contributed by atoms with Crippen LogP contribution in [0.25, 0.3) is 0 Å². The van der Waals surface area contributed by atoms with Gasteiger partial charge in [0.15, 0.2) is 17.3 Å². The van der Waals surface area contributed by atoms with Gasteiger partial charge in [-0.3, -0.25) is 10.1 Å². The fraction of sp³-hybridized carbons (Fsp3) is 0.333. The maximum atomic E-state index is 13.4. The molecule has 0 bridgehead atoms. The van der Waals surface area contributed by atoms with Crippen molar-refractivity contribution in [1.29, 1.82) is 0 Å². The van der Waals surface area contributed by atoms with E-state index >= 15 is 0 Å². The molecular formula is C9H9F2N3O2. The van der Waals surface area contributed by atoms with Gasteiger partial charge in [0, 0.05) is 18.2 Å². The Bertz CT molecular complexity index is 453. The predicted molar refractivity (Wildman–Crippen MR) is 53.0 cm³/mol. The van der Waals surface area contributed by atoms with E-state index in [-0.39, 0.29) is 12.1 Å². The van der Waals surface area contributed by atoms with Crippen molar-refractivity contribution in [2.45, 2.75) is 18.5 Å². The monoisotopic (exact) mass is 229 g/mol. The zero-order valence-corrected chi connectivity index (χ0v) is 8.11. The maximum Gasteiger partial charge on any atom is 0.295 e. The molecule has 1 aliphatic carbocycles. The first-order valence-electron chi connectivity index (χ1n) is 4.65. The summed E-state index contributed by atoms with van der Waals surface area (Å²) < 4.78 is 26.3. The Hall–Kier alpha value is -1.76.